The molecular formula is C18H24N4O3S2. The van der Waals surface area contributed by atoms with Crippen LogP contribution >= 0.6 is 24.0 Å². The lowest BCUT2D eigenvalue weighted by molar-refractivity contribution is -0.136. The topological polar surface area (TPSA) is 87.5 Å². The summed E-state index contributed by atoms with van der Waals surface area (Å²) in [7, 11) is 3.41. The Morgan fingerprint density at radius 3 is 2.56 bits per heavy atom. The van der Waals surface area contributed by atoms with E-state index in [1.54, 1.807) is 18.7 Å². The average Bonchev–Trinajstić information content (AvgIpc) is 2.92. The van der Waals surface area contributed by atoms with Crippen molar-refractivity contribution in [1.82, 2.24) is 14.5 Å². The predicted molar refractivity (Wildman–Crippen MR) is 114 cm³/mol. The summed E-state index contributed by atoms with van der Waals surface area (Å²) in [6, 6.07) is 5.36. The van der Waals surface area contributed by atoms with Crippen LogP contribution in [-0.2, 0) is 10.2 Å². The molecular weight excluding hydrogens is 384 g/mol. The number of amides is 1. The van der Waals surface area contributed by atoms with Crippen LogP contribution in [-0.4, -0.2) is 55.7 Å². The average molecular weight is 409 g/mol. The lowest BCUT2D eigenvalue weighted by atomic mass is 9.96. The van der Waals surface area contributed by atoms with Gasteiger partial charge in [0.1, 0.15) is 10.1 Å². The van der Waals surface area contributed by atoms with E-state index in [1.807, 2.05) is 39.0 Å². The molecule has 0 radical (unpaired) electrons. The Bertz CT molecular complexity index is 885. The number of hydrogen-bond acceptors (Lipinski definition) is 5. The van der Waals surface area contributed by atoms with E-state index in [9.17, 15) is 9.59 Å². The maximum atomic E-state index is 12.8. The Kier molecular flexibility index (Phi) is 6.48. The van der Waals surface area contributed by atoms with Gasteiger partial charge in [0, 0.05) is 31.0 Å². The first kappa shape index (κ1) is 21.2. The molecule has 0 aliphatic heterocycles. The molecule has 0 aliphatic rings. The van der Waals surface area contributed by atoms with E-state index in [-0.39, 0.29) is 17.9 Å². The van der Waals surface area contributed by atoms with Crippen molar-refractivity contribution in [3.63, 3.8) is 0 Å². The molecule has 0 saturated carbocycles. The van der Waals surface area contributed by atoms with Crippen molar-refractivity contribution in [1.29, 1.82) is 0 Å². The summed E-state index contributed by atoms with van der Waals surface area (Å²) in [5, 5.41) is 11.8. The molecule has 0 atom stereocenters. The Balaban J connectivity index is 2.37. The van der Waals surface area contributed by atoms with E-state index in [0.29, 0.717) is 21.4 Å². The van der Waals surface area contributed by atoms with Crippen molar-refractivity contribution in [3.05, 3.63) is 24.0 Å². The molecule has 7 nitrogen and oxygen atoms in total. The number of carboxylic acids is 1. The van der Waals surface area contributed by atoms with Gasteiger partial charge < -0.3 is 15.3 Å². The standard InChI is InChI=1S/C18H24N4O3S2/c1-18(2,3)15-20-12-7-6-11(19-16(26)27-9-8-14(23)24)10-13(12)22(15)17(25)21(4)5/h6-7,10H,8-9H2,1-5H3,(H,19,26)(H,23,24). The number of imidazole rings is 1. The number of carboxylic acid groups (broad SMARTS) is 1. The molecule has 0 saturated heterocycles. The lowest BCUT2D eigenvalue weighted by Crippen LogP contribution is -2.31. The summed E-state index contributed by atoms with van der Waals surface area (Å²) >= 11 is 6.53. The van der Waals surface area contributed by atoms with Crippen LogP contribution in [0.3, 0.4) is 0 Å². The second-order valence-corrected chi connectivity index (χ2v) is 9.08. The first-order chi connectivity index (χ1) is 12.5. The first-order valence-corrected chi connectivity index (χ1v) is 9.80. The second-order valence-electron chi connectivity index (χ2n) is 7.31. The van der Waals surface area contributed by atoms with Crippen LogP contribution in [0, 0.1) is 0 Å². The molecule has 2 rings (SSSR count). The first-order valence-electron chi connectivity index (χ1n) is 8.41. The molecule has 0 unspecified atom stereocenters. The summed E-state index contributed by atoms with van der Waals surface area (Å²) in [5.41, 5.74) is 1.84. The predicted octanol–water partition coefficient (Wildman–Crippen LogP) is 3.77. The number of nitrogens with one attached hydrogen (secondary N) is 1. The van der Waals surface area contributed by atoms with Crippen LogP contribution in [0.15, 0.2) is 18.2 Å². The van der Waals surface area contributed by atoms with Gasteiger partial charge in [-0.2, -0.15) is 0 Å². The van der Waals surface area contributed by atoms with Crippen LogP contribution in [0.1, 0.15) is 33.0 Å². The van der Waals surface area contributed by atoms with Crippen LogP contribution in [0.4, 0.5) is 10.5 Å². The number of thioether (sulfide) groups is 1. The minimum Gasteiger partial charge on any atom is -0.481 e. The van der Waals surface area contributed by atoms with Crippen molar-refractivity contribution in [2.24, 2.45) is 0 Å². The highest BCUT2D eigenvalue weighted by atomic mass is 32.2. The van der Waals surface area contributed by atoms with Gasteiger partial charge in [0.25, 0.3) is 0 Å². The molecule has 0 aliphatic carbocycles. The van der Waals surface area contributed by atoms with Gasteiger partial charge in [0.2, 0.25) is 0 Å². The van der Waals surface area contributed by atoms with Gasteiger partial charge in [-0.25, -0.2) is 14.3 Å². The van der Waals surface area contributed by atoms with Crippen molar-refractivity contribution in [3.8, 4) is 0 Å². The summed E-state index contributed by atoms with van der Waals surface area (Å²) < 4.78 is 2.11. The Labute approximate surface area is 168 Å². The fourth-order valence-corrected chi connectivity index (χ4v) is 3.45. The molecule has 0 spiro atoms. The highest BCUT2D eigenvalue weighted by molar-refractivity contribution is 8.23. The van der Waals surface area contributed by atoms with E-state index < -0.39 is 5.97 Å². The maximum Gasteiger partial charge on any atom is 0.329 e. The number of nitrogens with zero attached hydrogens (tertiary/aromatic N) is 3. The molecule has 9 heteroatoms. The Morgan fingerprint density at radius 1 is 1.33 bits per heavy atom. The normalized spacial score (nSPS) is 11.4. The number of carbonyl (C=O) groups excluding carboxylic acids is 1. The van der Waals surface area contributed by atoms with Gasteiger partial charge in [-0.3, -0.25) is 4.79 Å². The number of carbonyl (C=O) groups is 2. The molecule has 27 heavy (non-hydrogen) atoms. The number of hydrogen-bond donors (Lipinski definition) is 2. The van der Waals surface area contributed by atoms with Gasteiger partial charge >= 0.3 is 12.0 Å². The summed E-state index contributed by atoms with van der Waals surface area (Å²) in [4.78, 5) is 29.5. The molecule has 0 fully saturated rings. The molecule has 1 amide bonds. The third-order valence-corrected chi connectivity index (χ3v) is 4.92. The van der Waals surface area contributed by atoms with E-state index in [2.05, 4.69) is 10.3 Å². The zero-order chi connectivity index (χ0) is 20.4. The van der Waals surface area contributed by atoms with Crippen LogP contribution in [0.25, 0.3) is 11.0 Å². The molecule has 1 aromatic heterocycles. The highest BCUT2D eigenvalue weighted by Crippen LogP contribution is 2.28. The van der Waals surface area contributed by atoms with Gasteiger partial charge in [-0.05, 0) is 18.2 Å². The quantitative estimate of drug-likeness (QED) is 0.745. The number of rotatable bonds is 4. The summed E-state index contributed by atoms with van der Waals surface area (Å²) in [6.45, 7) is 6.04. The Hall–Kier alpha value is -2.13. The zero-order valence-corrected chi connectivity index (χ0v) is 17.7. The monoisotopic (exact) mass is 408 g/mol. The van der Waals surface area contributed by atoms with Crippen LogP contribution < -0.4 is 5.32 Å². The third kappa shape index (κ3) is 5.20. The largest absolute Gasteiger partial charge is 0.481 e. The second kappa shape index (κ2) is 8.26. The summed E-state index contributed by atoms with van der Waals surface area (Å²) in [6.07, 6.45) is 0.0462. The minimum absolute atomic E-state index is 0.0462. The van der Waals surface area contributed by atoms with Gasteiger partial charge in [-0.1, -0.05) is 44.8 Å². The van der Waals surface area contributed by atoms with Crippen molar-refractivity contribution in [2.45, 2.75) is 32.6 Å². The number of aliphatic carboxylic acids is 1. The molecule has 1 heterocycles. The Morgan fingerprint density at radius 2 is 2.00 bits per heavy atom. The summed E-state index contributed by atoms with van der Waals surface area (Å²) in [5.74, 6) is 0.230. The number of benzene rings is 1. The van der Waals surface area contributed by atoms with Gasteiger partial charge in [0.05, 0.1) is 17.5 Å². The van der Waals surface area contributed by atoms with Crippen molar-refractivity contribution in [2.75, 3.05) is 25.2 Å². The molecule has 0 bridgehead atoms. The maximum absolute atomic E-state index is 12.8. The third-order valence-electron chi connectivity index (χ3n) is 3.69. The highest BCUT2D eigenvalue weighted by Gasteiger charge is 2.27. The van der Waals surface area contributed by atoms with Crippen molar-refractivity contribution >= 4 is 57.0 Å². The van der Waals surface area contributed by atoms with Crippen LogP contribution in [0.2, 0.25) is 0 Å². The van der Waals surface area contributed by atoms with Gasteiger partial charge in [0.15, 0.2) is 0 Å². The number of fused-ring (bicyclic) bond motifs is 1. The molecule has 2 N–H and O–H groups in total. The van der Waals surface area contributed by atoms with Crippen molar-refractivity contribution < 1.29 is 14.7 Å². The SMILES string of the molecule is CN(C)C(=O)n1c(C(C)(C)C)nc2ccc(NC(=S)SCCC(=O)O)cc21. The fourth-order valence-electron chi connectivity index (χ4n) is 2.43. The molecule has 2 aromatic rings. The van der Waals surface area contributed by atoms with E-state index >= 15 is 0 Å². The number of aromatic nitrogens is 2. The van der Waals surface area contributed by atoms with Gasteiger partial charge in [-0.15, -0.1) is 0 Å². The number of anilines is 1. The molecule has 1 aromatic carbocycles. The van der Waals surface area contributed by atoms with Crippen LogP contribution in [0.5, 0.6) is 0 Å². The lowest BCUT2D eigenvalue weighted by Gasteiger charge is -2.21. The molecule has 146 valence electrons. The minimum atomic E-state index is -0.854. The number of thiocarbonyl (C=S) groups is 1. The van der Waals surface area contributed by atoms with E-state index in [1.165, 1.54) is 16.7 Å². The fraction of sp³-hybridized carbons (Fsp3) is 0.444. The smallest absolute Gasteiger partial charge is 0.329 e. The zero-order valence-electron chi connectivity index (χ0n) is 16.1. The van der Waals surface area contributed by atoms with E-state index in [0.717, 1.165) is 11.2 Å². The van der Waals surface area contributed by atoms with E-state index in [4.69, 9.17) is 17.3 Å².